The molecule has 1 aromatic rings. The maximum atomic E-state index is 12.3. The van der Waals surface area contributed by atoms with Crippen molar-refractivity contribution in [3.63, 3.8) is 0 Å². The van der Waals surface area contributed by atoms with Crippen molar-refractivity contribution in [1.82, 2.24) is 5.32 Å². The number of amides is 1. The monoisotopic (exact) mass is 327 g/mol. The lowest BCUT2D eigenvalue weighted by Crippen LogP contribution is -2.31. The second-order valence-corrected chi connectivity index (χ2v) is 5.41. The van der Waals surface area contributed by atoms with Gasteiger partial charge in [0, 0.05) is 11.9 Å². The number of nitrogens with one attached hydrogen (secondary N) is 1. The van der Waals surface area contributed by atoms with E-state index in [9.17, 15) is 4.79 Å². The van der Waals surface area contributed by atoms with E-state index < -0.39 is 0 Å². The molecule has 1 aliphatic carbocycles. The molecule has 1 aromatic carbocycles. The van der Waals surface area contributed by atoms with Crippen LogP contribution in [0.1, 0.15) is 23.2 Å². The fourth-order valence-electron chi connectivity index (χ4n) is 1.97. The van der Waals surface area contributed by atoms with Crippen LogP contribution in [0.2, 0.25) is 0 Å². The quantitative estimate of drug-likeness (QED) is 0.817. The maximum Gasteiger partial charge on any atom is 0.258 e. The predicted molar refractivity (Wildman–Crippen MR) is 77.3 cm³/mol. The molecule has 0 radical (unpaired) electrons. The third-order valence-corrected chi connectivity index (χ3v) is 4.71. The summed E-state index contributed by atoms with van der Waals surface area (Å²) >= 11 is 3.50. The molecule has 0 spiro atoms. The van der Waals surface area contributed by atoms with Crippen molar-refractivity contribution in [3.8, 4) is 11.5 Å². The number of alkyl halides is 1. The van der Waals surface area contributed by atoms with Gasteiger partial charge < -0.3 is 14.8 Å². The van der Waals surface area contributed by atoms with Crippen molar-refractivity contribution < 1.29 is 14.3 Å². The zero-order valence-corrected chi connectivity index (χ0v) is 12.7. The van der Waals surface area contributed by atoms with Gasteiger partial charge in [-0.2, -0.15) is 0 Å². The number of methoxy groups -OCH3 is 2. The Morgan fingerprint density at radius 3 is 2.32 bits per heavy atom. The third kappa shape index (κ3) is 3.03. The topological polar surface area (TPSA) is 47.6 Å². The zero-order valence-electron chi connectivity index (χ0n) is 11.2. The summed E-state index contributed by atoms with van der Waals surface area (Å²) in [5, 5.41) is 3.89. The van der Waals surface area contributed by atoms with Crippen LogP contribution in [-0.4, -0.2) is 32.0 Å². The van der Waals surface area contributed by atoms with Crippen LogP contribution < -0.4 is 14.8 Å². The highest BCUT2D eigenvalue weighted by Crippen LogP contribution is 2.46. The first-order valence-corrected chi connectivity index (χ1v) is 7.33. The Kier molecular flexibility index (Phi) is 4.34. The average molecular weight is 328 g/mol. The van der Waals surface area contributed by atoms with E-state index in [0.29, 0.717) is 23.6 Å². The summed E-state index contributed by atoms with van der Waals surface area (Å²) in [6, 6.07) is 5.32. The maximum absolute atomic E-state index is 12.3. The molecule has 104 valence electrons. The molecule has 0 atom stereocenters. The minimum atomic E-state index is -0.151. The molecular formula is C14H18BrNO3. The summed E-state index contributed by atoms with van der Waals surface area (Å²) in [7, 11) is 3.10. The average Bonchev–Trinajstić information content (AvgIpc) is 3.24. The van der Waals surface area contributed by atoms with Gasteiger partial charge in [0.1, 0.15) is 17.1 Å². The molecule has 19 heavy (non-hydrogen) atoms. The Labute approximate surface area is 121 Å². The molecule has 1 amide bonds. The number of halogens is 1. The van der Waals surface area contributed by atoms with Crippen molar-refractivity contribution in [1.29, 1.82) is 0 Å². The Bertz CT molecular complexity index is 450. The van der Waals surface area contributed by atoms with Gasteiger partial charge in [-0.1, -0.05) is 22.0 Å². The number of hydrogen-bond donors (Lipinski definition) is 1. The van der Waals surface area contributed by atoms with Gasteiger partial charge in [-0.05, 0) is 30.4 Å². The molecule has 0 saturated heterocycles. The molecule has 1 N–H and O–H groups in total. The second-order valence-electron chi connectivity index (χ2n) is 4.85. The predicted octanol–water partition coefficient (Wildman–Crippen LogP) is 2.61. The van der Waals surface area contributed by atoms with E-state index in [1.807, 2.05) is 0 Å². The molecule has 1 aliphatic rings. The van der Waals surface area contributed by atoms with Gasteiger partial charge in [0.25, 0.3) is 5.91 Å². The van der Waals surface area contributed by atoms with Gasteiger partial charge >= 0.3 is 0 Å². The van der Waals surface area contributed by atoms with Crippen molar-refractivity contribution >= 4 is 21.8 Å². The summed E-state index contributed by atoms with van der Waals surface area (Å²) in [5.74, 6) is 0.905. The van der Waals surface area contributed by atoms with Crippen molar-refractivity contribution in [2.75, 3.05) is 26.1 Å². The van der Waals surface area contributed by atoms with Crippen molar-refractivity contribution in [2.24, 2.45) is 5.41 Å². The molecule has 4 nitrogen and oxygen atoms in total. The Hall–Kier alpha value is -1.23. The Morgan fingerprint density at radius 2 is 1.89 bits per heavy atom. The molecule has 5 heteroatoms. The van der Waals surface area contributed by atoms with E-state index in [2.05, 4.69) is 21.2 Å². The zero-order chi connectivity index (χ0) is 13.9. The standard InChI is InChI=1S/C14H18BrNO3/c1-18-10-4-3-5-11(19-2)12(10)13(17)16-9-14(8-15)6-7-14/h3-5H,6-9H2,1-2H3,(H,16,17). The SMILES string of the molecule is COc1cccc(OC)c1C(=O)NCC1(CBr)CC1. The Morgan fingerprint density at radius 1 is 1.32 bits per heavy atom. The number of ether oxygens (including phenoxy) is 2. The number of carbonyl (C=O) groups excluding carboxylic acids is 1. The van der Waals surface area contributed by atoms with Gasteiger partial charge in [-0.15, -0.1) is 0 Å². The molecular weight excluding hydrogens is 310 g/mol. The number of carbonyl (C=O) groups is 1. The van der Waals surface area contributed by atoms with Crippen LogP contribution in [0.15, 0.2) is 18.2 Å². The number of rotatable bonds is 6. The normalized spacial score (nSPS) is 15.7. The van der Waals surface area contributed by atoms with E-state index in [1.165, 1.54) is 0 Å². The van der Waals surface area contributed by atoms with E-state index >= 15 is 0 Å². The first kappa shape index (κ1) is 14.2. The number of benzene rings is 1. The van der Waals surface area contributed by atoms with Crippen molar-refractivity contribution in [2.45, 2.75) is 12.8 Å². The van der Waals surface area contributed by atoms with Crippen LogP contribution in [-0.2, 0) is 0 Å². The van der Waals surface area contributed by atoms with Gasteiger partial charge in [0.05, 0.1) is 14.2 Å². The van der Waals surface area contributed by atoms with Crippen molar-refractivity contribution in [3.05, 3.63) is 23.8 Å². The fraction of sp³-hybridized carbons (Fsp3) is 0.500. The highest BCUT2D eigenvalue weighted by atomic mass is 79.9. The smallest absolute Gasteiger partial charge is 0.258 e. The van der Waals surface area contributed by atoms with Crippen LogP contribution in [0.25, 0.3) is 0 Å². The fourth-order valence-corrected chi connectivity index (χ4v) is 2.72. The highest BCUT2D eigenvalue weighted by Gasteiger charge is 2.41. The summed E-state index contributed by atoms with van der Waals surface area (Å²) < 4.78 is 10.5. The second kappa shape index (κ2) is 5.82. The molecule has 2 rings (SSSR count). The van der Waals surface area contributed by atoms with E-state index in [1.54, 1.807) is 32.4 Å². The van der Waals surface area contributed by atoms with E-state index in [4.69, 9.17) is 9.47 Å². The van der Waals surface area contributed by atoms with Crippen LogP contribution in [0.3, 0.4) is 0 Å². The van der Waals surface area contributed by atoms with Gasteiger partial charge in [0.2, 0.25) is 0 Å². The lowest BCUT2D eigenvalue weighted by Gasteiger charge is -2.16. The minimum absolute atomic E-state index is 0.151. The lowest BCUT2D eigenvalue weighted by atomic mass is 10.1. The molecule has 1 saturated carbocycles. The van der Waals surface area contributed by atoms with Crippen LogP contribution >= 0.6 is 15.9 Å². The summed E-state index contributed by atoms with van der Waals surface area (Å²) in [5.41, 5.74) is 0.697. The first-order valence-electron chi connectivity index (χ1n) is 6.21. The molecule has 0 aromatic heterocycles. The summed E-state index contributed by atoms with van der Waals surface area (Å²) in [6.07, 6.45) is 2.31. The van der Waals surface area contributed by atoms with Crippen LogP contribution in [0.4, 0.5) is 0 Å². The lowest BCUT2D eigenvalue weighted by molar-refractivity contribution is 0.0940. The van der Waals surface area contributed by atoms with Crippen LogP contribution in [0.5, 0.6) is 11.5 Å². The van der Waals surface area contributed by atoms with Gasteiger partial charge in [0.15, 0.2) is 0 Å². The van der Waals surface area contributed by atoms with E-state index in [-0.39, 0.29) is 11.3 Å². The first-order chi connectivity index (χ1) is 9.15. The summed E-state index contributed by atoms with van der Waals surface area (Å²) in [6.45, 7) is 0.679. The van der Waals surface area contributed by atoms with Gasteiger partial charge in [-0.25, -0.2) is 0 Å². The molecule has 0 unspecified atom stereocenters. The minimum Gasteiger partial charge on any atom is -0.496 e. The molecule has 0 aliphatic heterocycles. The molecule has 1 fully saturated rings. The Balaban J connectivity index is 2.13. The largest absolute Gasteiger partial charge is 0.496 e. The van der Waals surface area contributed by atoms with E-state index in [0.717, 1.165) is 18.2 Å². The third-order valence-electron chi connectivity index (χ3n) is 3.52. The summed E-state index contributed by atoms with van der Waals surface area (Å²) in [4.78, 5) is 12.3. The molecule has 0 bridgehead atoms. The van der Waals surface area contributed by atoms with Gasteiger partial charge in [-0.3, -0.25) is 4.79 Å². The highest BCUT2D eigenvalue weighted by molar-refractivity contribution is 9.09. The molecule has 0 heterocycles. The van der Waals surface area contributed by atoms with Crippen LogP contribution in [0, 0.1) is 5.41 Å². The number of hydrogen-bond acceptors (Lipinski definition) is 3.